The van der Waals surface area contributed by atoms with Crippen LogP contribution in [-0.2, 0) is 6.54 Å². The normalized spacial score (nSPS) is 19.9. The molecule has 0 N–H and O–H groups in total. The number of aromatic nitrogens is 1. The summed E-state index contributed by atoms with van der Waals surface area (Å²) >= 11 is 0. The lowest BCUT2D eigenvalue weighted by atomic mass is 10.1. The zero-order valence-electron chi connectivity index (χ0n) is 12.8. The van der Waals surface area contributed by atoms with E-state index in [1.165, 1.54) is 5.56 Å². The minimum Gasteiger partial charge on any atom is -0.360 e. The van der Waals surface area contributed by atoms with Crippen molar-refractivity contribution in [2.45, 2.75) is 32.9 Å². The monoisotopic (exact) mass is 285 g/mol. The summed E-state index contributed by atoms with van der Waals surface area (Å²) < 4.78 is 5.23. The van der Waals surface area contributed by atoms with E-state index in [0.717, 1.165) is 44.2 Å². The van der Waals surface area contributed by atoms with Gasteiger partial charge in [-0.25, -0.2) is 0 Å². The molecule has 1 aromatic heterocycles. The molecule has 21 heavy (non-hydrogen) atoms. The van der Waals surface area contributed by atoms with Gasteiger partial charge in [-0.05, 0) is 18.9 Å². The molecule has 1 atom stereocenters. The molecule has 1 fully saturated rings. The standard InChI is InChI=1S/C17H23N3O/c1-3-16-13-19(12-15-7-5-4-6-8-15)9-10-20(16)17-11-14(2)21-18-17/h4-8,11,16H,3,9-10,12-13H2,1-2H3/t16-/m0/s1. The summed E-state index contributed by atoms with van der Waals surface area (Å²) in [7, 11) is 0. The van der Waals surface area contributed by atoms with Crippen LogP contribution in [0.25, 0.3) is 0 Å². The molecule has 1 aliphatic rings. The first-order valence-corrected chi connectivity index (χ1v) is 7.72. The minimum atomic E-state index is 0.506. The average molecular weight is 285 g/mol. The van der Waals surface area contributed by atoms with E-state index in [-0.39, 0.29) is 0 Å². The Bertz CT molecular complexity index is 566. The third-order valence-corrected chi connectivity index (χ3v) is 4.20. The van der Waals surface area contributed by atoms with Crippen LogP contribution < -0.4 is 4.90 Å². The predicted octanol–water partition coefficient (Wildman–Crippen LogP) is 3.08. The summed E-state index contributed by atoms with van der Waals surface area (Å²) in [5.41, 5.74) is 1.39. The summed E-state index contributed by atoms with van der Waals surface area (Å²) in [6, 6.07) is 13.2. The zero-order valence-corrected chi connectivity index (χ0v) is 12.8. The molecule has 0 spiro atoms. The van der Waals surface area contributed by atoms with Gasteiger partial charge in [0, 0.05) is 38.3 Å². The number of benzene rings is 1. The number of rotatable bonds is 4. The average Bonchev–Trinajstić information content (AvgIpc) is 2.94. The van der Waals surface area contributed by atoms with Gasteiger partial charge in [0.05, 0.1) is 0 Å². The van der Waals surface area contributed by atoms with Gasteiger partial charge < -0.3 is 9.42 Å². The van der Waals surface area contributed by atoms with Gasteiger partial charge in [-0.2, -0.15) is 0 Å². The van der Waals surface area contributed by atoms with Gasteiger partial charge >= 0.3 is 0 Å². The Kier molecular flexibility index (Phi) is 4.25. The molecular formula is C17H23N3O. The second kappa shape index (κ2) is 6.31. The van der Waals surface area contributed by atoms with Crippen molar-refractivity contribution < 1.29 is 4.52 Å². The van der Waals surface area contributed by atoms with E-state index in [0.29, 0.717) is 6.04 Å². The van der Waals surface area contributed by atoms with Crippen molar-refractivity contribution in [1.82, 2.24) is 10.1 Å². The van der Waals surface area contributed by atoms with Crippen LogP contribution >= 0.6 is 0 Å². The number of aryl methyl sites for hydroxylation is 1. The summed E-state index contributed by atoms with van der Waals surface area (Å²) in [6.07, 6.45) is 1.12. The highest BCUT2D eigenvalue weighted by Crippen LogP contribution is 2.22. The van der Waals surface area contributed by atoms with Gasteiger partial charge in [-0.15, -0.1) is 0 Å². The fourth-order valence-electron chi connectivity index (χ4n) is 3.04. The number of anilines is 1. The summed E-state index contributed by atoms with van der Waals surface area (Å²) in [5, 5.41) is 4.18. The van der Waals surface area contributed by atoms with Gasteiger partial charge in [0.15, 0.2) is 5.82 Å². The lowest BCUT2D eigenvalue weighted by Gasteiger charge is -2.41. The highest BCUT2D eigenvalue weighted by atomic mass is 16.5. The first-order chi connectivity index (χ1) is 10.3. The molecule has 0 radical (unpaired) electrons. The molecule has 0 saturated carbocycles. The molecule has 112 valence electrons. The maximum atomic E-state index is 5.23. The van der Waals surface area contributed by atoms with Crippen molar-refractivity contribution in [2.24, 2.45) is 0 Å². The van der Waals surface area contributed by atoms with Gasteiger partial charge in [0.25, 0.3) is 0 Å². The highest BCUT2D eigenvalue weighted by Gasteiger charge is 2.27. The molecule has 1 aromatic carbocycles. The Hall–Kier alpha value is -1.81. The summed E-state index contributed by atoms with van der Waals surface area (Å²) in [6.45, 7) is 8.38. The second-order valence-corrected chi connectivity index (χ2v) is 5.77. The van der Waals surface area contributed by atoms with Gasteiger partial charge in [0.2, 0.25) is 0 Å². The number of nitrogens with zero attached hydrogens (tertiary/aromatic N) is 3. The van der Waals surface area contributed by atoms with Crippen molar-refractivity contribution in [3.8, 4) is 0 Å². The zero-order chi connectivity index (χ0) is 14.7. The quantitative estimate of drug-likeness (QED) is 0.864. The van der Waals surface area contributed by atoms with E-state index in [1.54, 1.807) is 0 Å². The molecule has 0 bridgehead atoms. The van der Waals surface area contributed by atoms with Crippen molar-refractivity contribution in [3.05, 3.63) is 47.7 Å². The molecule has 3 rings (SSSR count). The fourth-order valence-corrected chi connectivity index (χ4v) is 3.04. The molecule has 2 heterocycles. The predicted molar refractivity (Wildman–Crippen MR) is 84.4 cm³/mol. The van der Waals surface area contributed by atoms with Crippen LogP contribution in [0.1, 0.15) is 24.7 Å². The molecule has 0 aliphatic carbocycles. The van der Waals surface area contributed by atoms with Crippen molar-refractivity contribution in [1.29, 1.82) is 0 Å². The van der Waals surface area contributed by atoms with Gasteiger partial charge in [-0.3, -0.25) is 4.90 Å². The van der Waals surface area contributed by atoms with E-state index < -0.39 is 0 Å². The largest absolute Gasteiger partial charge is 0.360 e. The second-order valence-electron chi connectivity index (χ2n) is 5.77. The Morgan fingerprint density at radius 1 is 1.24 bits per heavy atom. The van der Waals surface area contributed by atoms with Crippen LogP contribution in [0.2, 0.25) is 0 Å². The molecule has 0 amide bonds. The van der Waals surface area contributed by atoms with E-state index in [2.05, 4.69) is 52.2 Å². The van der Waals surface area contributed by atoms with E-state index in [9.17, 15) is 0 Å². The van der Waals surface area contributed by atoms with Crippen LogP contribution in [0.5, 0.6) is 0 Å². The number of hydrogen-bond donors (Lipinski definition) is 0. The summed E-state index contributed by atoms with van der Waals surface area (Å²) in [5.74, 6) is 1.87. The maximum absolute atomic E-state index is 5.23. The van der Waals surface area contributed by atoms with Crippen LogP contribution in [0.15, 0.2) is 40.9 Å². The molecule has 1 saturated heterocycles. The molecule has 0 unspecified atom stereocenters. The van der Waals surface area contributed by atoms with Crippen LogP contribution in [-0.4, -0.2) is 35.7 Å². The van der Waals surface area contributed by atoms with E-state index in [4.69, 9.17) is 4.52 Å². The number of piperazine rings is 1. The Labute approximate surface area is 126 Å². The SMILES string of the molecule is CC[C@H]1CN(Cc2ccccc2)CCN1c1cc(C)on1. The van der Waals surface area contributed by atoms with E-state index >= 15 is 0 Å². The Balaban J connectivity index is 1.66. The molecule has 4 nitrogen and oxygen atoms in total. The van der Waals surface area contributed by atoms with Gasteiger partial charge in [-0.1, -0.05) is 42.4 Å². The van der Waals surface area contributed by atoms with Gasteiger partial charge in [0.1, 0.15) is 5.76 Å². The lowest BCUT2D eigenvalue weighted by molar-refractivity contribution is 0.210. The number of hydrogen-bond acceptors (Lipinski definition) is 4. The molecular weight excluding hydrogens is 262 g/mol. The fraction of sp³-hybridized carbons (Fsp3) is 0.471. The lowest BCUT2D eigenvalue weighted by Crippen LogP contribution is -2.52. The molecule has 1 aliphatic heterocycles. The first kappa shape index (κ1) is 14.1. The molecule has 2 aromatic rings. The summed E-state index contributed by atoms with van der Waals surface area (Å²) in [4.78, 5) is 4.92. The Morgan fingerprint density at radius 2 is 2.05 bits per heavy atom. The van der Waals surface area contributed by atoms with Crippen LogP contribution in [0, 0.1) is 6.92 Å². The van der Waals surface area contributed by atoms with E-state index in [1.807, 2.05) is 13.0 Å². The third kappa shape index (κ3) is 3.27. The van der Waals surface area contributed by atoms with Crippen molar-refractivity contribution >= 4 is 5.82 Å². The molecule has 4 heteroatoms. The van der Waals surface area contributed by atoms with Crippen LogP contribution in [0.4, 0.5) is 5.82 Å². The van der Waals surface area contributed by atoms with Crippen molar-refractivity contribution in [3.63, 3.8) is 0 Å². The van der Waals surface area contributed by atoms with Crippen LogP contribution in [0.3, 0.4) is 0 Å². The topological polar surface area (TPSA) is 32.5 Å². The smallest absolute Gasteiger partial charge is 0.172 e. The minimum absolute atomic E-state index is 0.506. The third-order valence-electron chi connectivity index (χ3n) is 4.20. The Morgan fingerprint density at radius 3 is 2.71 bits per heavy atom. The van der Waals surface area contributed by atoms with Crippen molar-refractivity contribution in [2.75, 3.05) is 24.5 Å². The highest BCUT2D eigenvalue weighted by molar-refractivity contribution is 5.40. The first-order valence-electron chi connectivity index (χ1n) is 7.72. The maximum Gasteiger partial charge on any atom is 0.172 e.